The van der Waals surface area contributed by atoms with Crippen LogP contribution in [-0.2, 0) is 23.1 Å². The van der Waals surface area contributed by atoms with E-state index in [1.54, 1.807) is 38.5 Å². The van der Waals surface area contributed by atoms with Crippen molar-refractivity contribution in [3.05, 3.63) is 76.5 Å². The summed E-state index contributed by atoms with van der Waals surface area (Å²) in [5.74, 6) is 1.28. The molecule has 0 amide bonds. The Hall–Kier alpha value is -2.35. The maximum absolute atomic E-state index is 13.3. The van der Waals surface area contributed by atoms with Crippen molar-refractivity contribution >= 4 is 21.4 Å². The van der Waals surface area contributed by atoms with Crippen molar-refractivity contribution < 1.29 is 17.9 Å². The molecule has 0 aliphatic rings. The number of hydrogen-bond donors (Lipinski definition) is 0. The maximum Gasteiger partial charge on any atom is 0.243 e. The van der Waals surface area contributed by atoms with Gasteiger partial charge in [0.25, 0.3) is 0 Å². The van der Waals surface area contributed by atoms with E-state index < -0.39 is 10.0 Å². The van der Waals surface area contributed by atoms with E-state index in [9.17, 15) is 8.42 Å². The molecule has 0 bridgehead atoms. The number of benzene rings is 2. The second-order valence-corrected chi connectivity index (χ2v) is 8.81. The van der Waals surface area contributed by atoms with Gasteiger partial charge < -0.3 is 9.47 Å². The number of ether oxygens (including phenoxy) is 2. The fraction of sp³-hybridized carbons (Fsp3) is 0.200. The standard InChI is InChI=1S/C20H21NO4S2/c1-24-17-9-11-19(12-10-17)27(22,23)21(15-18-7-5-13-26-18)14-16-6-3-4-8-20(16)25-2/h3-13H,14-15H2,1-2H3. The molecule has 27 heavy (non-hydrogen) atoms. The van der Waals surface area contributed by atoms with Crippen molar-refractivity contribution in [2.75, 3.05) is 14.2 Å². The third kappa shape index (κ3) is 4.50. The summed E-state index contributed by atoms with van der Waals surface area (Å²) in [4.78, 5) is 1.21. The Morgan fingerprint density at radius 3 is 2.26 bits per heavy atom. The predicted molar refractivity (Wildman–Crippen MR) is 107 cm³/mol. The summed E-state index contributed by atoms with van der Waals surface area (Å²) >= 11 is 1.53. The molecule has 142 valence electrons. The van der Waals surface area contributed by atoms with Gasteiger partial charge in [0, 0.05) is 23.5 Å². The summed E-state index contributed by atoms with van der Waals surface area (Å²) < 4.78 is 38.6. The number of thiophene rings is 1. The molecular weight excluding hydrogens is 382 g/mol. The minimum atomic E-state index is -3.70. The smallest absolute Gasteiger partial charge is 0.243 e. The lowest BCUT2D eigenvalue weighted by molar-refractivity contribution is 0.377. The predicted octanol–water partition coefficient (Wildman–Crippen LogP) is 4.16. The maximum atomic E-state index is 13.3. The van der Waals surface area contributed by atoms with Gasteiger partial charge in [-0.25, -0.2) is 8.42 Å². The third-order valence-electron chi connectivity index (χ3n) is 4.15. The van der Waals surface area contributed by atoms with E-state index in [2.05, 4.69) is 0 Å². The number of sulfonamides is 1. The lowest BCUT2D eigenvalue weighted by atomic mass is 10.2. The molecule has 0 saturated carbocycles. The van der Waals surface area contributed by atoms with Crippen LogP contribution in [0.15, 0.2) is 70.9 Å². The van der Waals surface area contributed by atoms with E-state index in [0.717, 1.165) is 10.4 Å². The SMILES string of the molecule is COc1ccc(S(=O)(=O)N(Cc2cccs2)Cc2ccccc2OC)cc1. The van der Waals surface area contributed by atoms with Crippen LogP contribution in [0.25, 0.3) is 0 Å². The monoisotopic (exact) mass is 403 g/mol. The van der Waals surface area contributed by atoms with Gasteiger partial charge >= 0.3 is 0 Å². The van der Waals surface area contributed by atoms with E-state index in [4.69, 9.17) is 9.47 Å². The minimum absolute atomic E-state index is 0.219. The molecule has 0 aliphatic heterocycles. The second-order valence-electron chi connectivity index (χ2n) is 5.84. The highest BCUT2D eigenvalue weighted by atomic mass is 32.2. The van der Waals surface area contributed by atoms with Crippen LogP contribution in [0.3, 0.4) is 0 Å². The lowest BCUT2D eigenvalue weighted by Gasteiger charge is -2.23. The normalized spacial score (nSPS) is 11.5. The van der Waals surface area contributed by atoms with Crippen LogP contribution in [0.2, 0.25) is 0 Å². The van der Waals surface area contributed by atoms with Crippen LogP contribution in [0, 0.1) is 0 Å². The van der Waals surface area contributed by atoms with E-state index in [0.29, 0.717) is 18.0 Å². The molecular formula is C20H21NO4S2. The van der Waals surface area contributed by atoms with E-state index in [-0.39, 0.29) is 11.4 Å². The zero-order valence-corrected chi connectivity index (χ0v) is 16.8. The van der Waals surface area contributed by atoms with Crippen molar-refractivity contribution in [2.24, 2.45) is 0 Å². The van der Waals surface area contributed by atoms with Crippen molar-refractivity contribution in [3.8, 4) is 11.5 Å². The van der Waals surface area contributed by atoms with Gasteiger partial charge in [0.2, 0.25) is 10.0 Å². The van der Waals surface area contributed by atoms with Crippen LogP contribution < -0.4 is 9.47 Å². The molecule has 0 aliphatic carbocycles. The van der Waals surface area contributed by atoms with Gasteiger partial charge in [-0.05, 0) is 41.8 Å². The van der Waals surface area contributed by atoms with Crippen molar-refractivity contribution in [2.45, 2.75) is 18.0 Å². The third-order valence-corrected chi connectivity index (χ3v) is 6.82. The van der Waals surface area contributed by atoms with Crippen molar-refractivity contribution in [1.29, 1.82) is 0 Å². The largest absolute Gasteiger partial charge is 0.497 e. The van der Waals surface area contributed by atoms with Crippen LogP contribution in [-0.4, -0.2) is 26.9 Å². The fourth-order valence-corrected chi connectivity index (χ4v) is 4.92. The summed E-state index contributed by atoms with van der Waals surface area (Å²) in [5, 5.41) is 1.94. The number of nitrogens with zero attached hydrogens (tertiary/aromatic N) is 1. The number of methoxy groups -OCH3 is 2. The Labute approximate surface area is 163 Å². The summed E-state index contributed by atoms with van der Waals surface area (Å²) in [5.41, 5.74) is 0.814. The van der Waals surface area contributed by atoms with Crippen molar-refractivity contribution in [1.82, 2.24) is 4.31 Å². The van der Waals surface area contributed by atoms with Gasteiger partial charge in [-0.2, -0.15) is 4.31 Å². The van der Waals surface area contributed by atoms with Gasteiger partial charge in [-0.3, -0.25) is 0 Å². The Balaban J connectivity index is 1.97. The Bertz CT molecular complexity index is 967. The zero-order valence-electron chi connectivity index (χ0n) is 15.2. The molecule has 2 aromatic carbocycles. The van der Waals surface area contributed by atoms with Crippen LogP contribution in [0.5, 0.6) is 11.5 Å². The number of hydrogen-bond acceptors (Lipinski definition) is 5. The molecule has 3 rings (SSSR count). The highest BCUT2D eigenvalue weighted by molar-refractivity contribution is 7.89. The molecule has 1 aromatic heterocycles. The first-order chi connectivity index (χ1) is 13.0. The quantitative estimate of drug-likeness (QED) is 0.567. The Kier molecular flexibility index (Phi) is 6.15. The average molecular weight is 404 g/mol. The van der Waals surface area contributed by atoms with E-state index >= 15 is 0 Å². The average Bonchev–Trinajstić information content (AvgIpc) is 3.21. The molecule has 0 N–H and O–H groups in total. The summed E-state index contributed by atoms with van der Waals surface area (Å²) in [7, 11) is -0.563. The summed E-state index contributed by atoms with van der Waals surface area (Å²) in [6.45, 7) is 0.514. The first-order valence-electron chi connectivity index (χ1n) is 8.33. The summed E-state index contributed by atoms with van der Waals surface area (Å²) in [6.07, 6.45) is 0. The molecule has 7 heteroatoms. The van der Waals surface area contributed by atoms with Crippen LogP contribution >= 0.6 is 11.3 Å². The molecule has 0 unspecified atom stereocenters. The number of para-hydroxylation sites is 1. The lowest BCUT2D eigenvalue weighted by Crippen LogP contribution is -2.30. The molecule has 0 spiro atoms. The summed E-state index contributed by atoms with van der Waals surface area (Å²) in [6, 6.07) is 17.7. The van der Waals surface area contributed by atoms with Gasteiger partial charge in [0.1, 0.15) is 11.5 Å². The van der Waals surface area contributed by atoms with Crippen molar-refractivity contribution in [3.63, 3.8) is 0 Å². The fourth-order valence-electron chi connectivity index (χ4n) is 2.72. The minimum Gasteiger partial charge on any atom is -0.497 e. The molecule has 0 fully saturated rings. The van der Waals surface area contributed by atoms with Gasteiger partial charge in [0.05, 0.1) is 19.1 Å². The molecule has 0 radical (unpaired) electrons. The van der Waals surface area contributed by atoms with Gasteiger partial charge in [0.15, 0.2) is 0 Å². The first-order valence-corrected chi connectivity index (χ1v) is 10.6. The first kappa shape index (κ1) is 19.4. The number of rotatable bonds is 8. The molecule has 0 atom stereocenters. The highest BCUT2D eigenvalue weighted by Gasteiger charge is 2.26. The Morgan fingerprint density at radius 2 is 1.63 bits per heavy atom. The van der Waals surface area contributed by atoms with Gasteiger partial charge in [-0.1, -0.05) is 24.3 Å². The topological polar surface area (TPSA) is 55.8 Å². The van der Waals surface area contributed by atoms with Crippen LogP contribution in [0.1, 0.15) is 10.4 Å². The van der Waals surface area contributed by atoms with Crippen LogP contribution in [0.4, 0.5) is 0 Å². The Morgan fingerprint density at radius 1 is 0.889 bits per heavy atom. The van der Waals surface area contributed by atoms with E-state index in [1.165, 1.54) is 15.6 Å². The molecule has 1 heterocycles. The van der Waals surface area contributed by atoms with Gasteiger partial charge in [-0.15, -0.1) is 11.3 Å². The zero-order chi connectivity index (χ0) is 19.3. The van der Waals surface area contributed by atoms with E-state index in [1.807, 2.05) is 41.8 Å². The second kappa shape index (κ2) is 8.56. The molecule has 0 saturated heterocycles. The highest BCUT2D eigenvalue weighted by Crippen LogP contribution is 2.27. The molecule has 3 aromatic rings. The molecule has 5 nitrogen and oxygen atoms in total.